The maximum Gasteiger partial charge on any atom is 0.463 e. The molecule has 0 aromatic heterocycles. The minimum absolute atomic E-state index is 0.757. The molecule has 0 radical (unpaired) electrons. The number of rotatable bonds is 1. The molecule has 1 rings (SSSR count). The Bertz CT molecular complexity index is 443. The van der Waals surface area contributed by atoms with Gasteiger partial charge < -0.3 is 20.3 Å². The summed E-state index contributed by atoms with van der Waals surface area (Å²) in [5.74, 6) is -8.08. The van der Waals surface area contributed by atoms with Crippen LogP contribution in [-0.4, -0.2) is 47.3 Å². The minimum atomic E-state index is -2.40. The summed E-state index contributed by atoms with van der Waals surface area (Å²) in [6.45, 7) is 0. The van der Waals surface area contributed by atoms with Crippen LogP contribution in [0.5, 0.6) is 0 Å². The van der Waals surface area contributed by atoms with Crippen molar-refractivity contribution < 1.29 is 48.3 Å². The third-order valence-corrected chi connectivity index (χ3v) is 1.71. The average Bonchev–Trinajstić information content (AvgIpc) is 2.34. The molecule has 3 N–H and O–H groups in total. The molecular formula is C8H7NO10. The number of nitrogens with two attached hydrogens (primary N) is 1. The lowest BCUT2D eigenvalue weighted by molar-refractivity contribution is -0.260. The summed E-state index contributed by atoms with van der Waals surface area (Å²) in [5.41, 5.74) is 5.19. The number of hydrogen-bond donors (Lipinski definition) is 2. The fourth-order valence-corrected chi connectivity index (χ4v) is 0.878. The maximum atomic E-state index is 11.3. The van der Waals surface area contributed by atoms with Gasteiger partial charge in [-0.2, -0.15) is 0 Å². The van der Waals surface area contributed by atoms with E-state index >= 15 is 0 Å². The Morgan fingerprint density at radius 3 is 2.32 bits per heavy atom. The van der Waals surface area contributed by atoms with Gasteiger partial charge in [0.2, 0.25) is 0 Å². The SMILES string of the molecule is NC1CC(=O)OOC(=O)C(=O)OC(C(=O)O)OC1=O. The molecule has 11 heteroatoms. The summed E-state index contributed by atoms with van der Waals surface area (Å²) in [7, 11) is 0. The molecule has 0 aromatic rings. The van der Waals surface area contributed by atoms with Crippen LogP contribution in [0.2, 0.25) is 0 Å². The number of cyclic esters (lactones) is 2. The van der Waals surface area contributed by atoms with Gasteiger partial charge in [-0.3, -0.25) is 4.79 Å². The fourth-order valence-electron chi connectivity index (χ4n) is 0.878. The summed E-state index contributed by atoms with van der Waals surface area (Å²) in [6, 6.07) is -1.58. The molecule has 1 saturated heterocycles. The van der Waals surface area contributed by atoms with Crippen LogP contribution in [0, 0.1) is 0 Å². The molecule has 0 aliphatic carbocycles. The number of esters is 2. The van der Waals surface area contributed by atoms with Crippen molar-refractivity contribution in [3.8, 4) is 0 Å². The third-order valence-electron chi connectivity index (χ3n) is 1.71. The Morgan fingerprint density at radius 1 is 1.11 bits per heavy atom. The van der Waals surface area contributed by atoms with E-state index in [0.717, 1.165) is 0 Å². The van der Waals surface area contributed by atoms with Gasteiger partial charge in [-0.05, 0) is 0 Å². The number of carboxylic acid groups (broad SMARTS) is 1. The van der Waals surface area contributed by atoms with Gasteiger partial charge in [0.15, 0.2) is 0 Å². The van der Waals surface area contributed by atoms with E-state index in [4.69, 9.17) is 10.8 Å². The Morgan fingerprint density at radius 2 is 1.74 bits per heavy atom. The highest BCUT2D eigenvalue weighted by Gasteiger charge is 2.35. The van der Waals surface area contributed by atoms with Gasteiger partial charge in [0.25, 0.3) is 0 Å². The van der Waals surface area contributed by atoms with Crippen molar-refractivity contribution in [3.05, 3.63) is 0 Å². The van der Waals surface area contributed by atoms with Gasteiger partial charge in [0.1, 0.15) is 6.04 Å². The number of carboxylic acids is 1. The number of carbonyl (C=O) groups is 5. The third kappa shape index (κ3) is 3.92. The molecule has 0 saturated carbocycles. The van der Waals surface area contributed by atoms with Crippen LogP contribution in [0.1, 0.15) is 6.42 Å². The topological polar surface area (TPSA) is 169 Å². The monoisotopic (exact) mass is 277 g/mol. The minimum Gasteiger partial charge on any atom is -0.476 e. The second kappa shape index (κ2) is 5.77. The van der Waals surface area contributed by atoms with Crippen LogP contribution >= 0.6 is 0 Å². The van der Waals surface area contributed by atoms with Crippen LogP contribution in [-0.2, 0) is 43.2 Å². The van der Waals surface area contributed by atoms with Crippen molar-refractivity contribution in [1.82, 2.24) is 0 Å². The van der Waals surface area contributed by atoms with Gasteiger partial charge in [-0.25, -0.2) is 29.0 Å². The van der Waals surface area contributed by atoms with Gasteiger partial charge in [0.05, 0.1) is 6.42 Å². The quantitative estimate of drug-likeness (QED) is 0.288. The van der Waals surface area contributed by atoms with Gasteiger partial charge in [-0.15, -0.1) is 0 Å². The van der Waals surface area contributed by atoms with Gasteiger partial charge in [0, 0.05) is 0 Å². The van der Waals surface area contributed by atoms with E-state index in [0.29, 0.717) is 0 Å². The zero-order chi connectivity index (χ0) is 14.6. The molecule has 2 unspecified atom stereocenters. The molecule has 19 heavy (non-hydrogen) atoms. The van der Waals surface area contributed by atoms with Crippen molar-refractivity contribution in [2.75, 3.05) is 0 Å². The highest BCUT2D eigenvalue weighted by molar-refractivity contribution is 6.29. The Kier molecular flexibility index (Phi) is 4.36. The lowest BCUT2D eigenvalue weighted by Gasteiger charge is -2.14. The Labute approximate surface area is 104 Å². The molecule has 2 atom stereocenters. The summed E-state index contributed by atoms with van der Waals surface area (Å²) < 4.78 is 8.21. The zero-order valence-corrected chi connectivity index (χ0v) is 9.06. The molecular weight excluding hydrogens is 270 g/mol. The fraction of sp³-hybridized carbons (Fsp3) is 0.375. The van der Waals surface area contributed by atoms with E-state index in [2.05, 4.69) is 19.2 Å². The molecule has 104 valence electrons. The van der Waals surface area contributed by atoms with Crippen molar-refractivity contribution in [2.24, 2.45) is 5.73 Å². The zero-order valence-electron chi connectivity index (χ0n) is 9.06. The first-order chi connectivity index (χ1) is 8.81. The van der Waals surface area contributed by atoms with E-state index in [1.165, 1.54) is 0 Å². The highest BCUT2D eigenvalue weighted by atomic mass is 17.2. The first-order valence-corrected chi connectivity index (χ1v) is 4.62. The summed E-state index contributed by atoms with van der Waals surface area (Å²) in [4.78, 5) is 62.3. The van der Waals surface area contributed by atoms with E-state index in [1.54, 1.807) is 0 Å². The second-order valence-corrected chi connectivity index (χ2v) is 3.15. The molecule has 1 fully saturated rings. The van der Waals surface area contributed by atoms with Crippen LogP contribution in [0.3, 0.4) is 0 Å². The Hall–Kier alpha value is -2.69. The lowest BCUT2D eigenvalue weighted by Crippen LogP contribution is -2.40. The molecule has 1 aliphatic rings. The van der Waals surface area contributed by atoms with E-state index in [1.807, 2.05) is 0 Å². The molecule has 0 aromatic carbocycles. The van der Waals surface area contributed by atoms with Crippen molar-refractivity contribution in [3.63, 3.8) is 0 Å². The van der Waals surface area contributed by atoms with Crippen LogP contribution in [0.25, 0.3) is 0 Å². The first kappa shape index (κ1) is 14.4. The van der Waals surface area contributed by atoms with E-state index in [-0.39, 0.29) is 0 Å². The largest absolute Gasteiger partial charge is 0.476 e. The molecule has 0 spiro atoms. The normalized spacial score (nSPS) is 25.3. The highest BCUT2D eigenvalue weighted by Crippen LogP contribution is 2.05. The molecule has 1 aliphatic heterocycles. The first-order valence-electron chi connectivity index (χ1n) is 4.62. The summed E-state index contributed by atoms with van der Waals surface area (Å²) in [6.07, 6.45) is -3.15. The molecule has 0 bridgehead atoms. The predicted molar refractivity (Wildman–Crippen MR) is 48.4 cm³/mol. The van der Waals surface area contributed by atoms with Crippen molar-refractivity contribution >= 4 is 29.8 Å². The molecule has 11 nitrogen and oxygen atoms in total. The van der Waals surface area contributed by atoms with Crippen molar-refractivity contribution in [1.29, 1.82) is 0 Å². The lowest BCUT2D eigenvalue weighted by atomic mass is 10.2. The summed E-state index contributed by atoms with van der Waals surface area (Å²) >= 11 is 0. The van der Waals surface area contributed by atoms with Gasteiger partial charge in [-0.1, -0.05) is 0 Å². The number of aliphatic carboxylic acids is 1. The van der Waals surface area contributed by atoms with Crippen molar-refractivity contribution in [2.45, 2.75) is 18.8 Å². The maximum absolute atomic E-state index is 11.3. The summed E-state index contributed by atoms with van der Waals surface area (Å²) in [5, 5.41) is 8.60. The number of hydrogen-bond acceptors (Lipinski definition) is 10. The predicted octanol–water partition coefficient (Wildman–Crippen LogP) is -2.78. The van der Waals surface area contributed by atoms with Crippen LogP contribution in [0.4, 0.5) is 0 Å². The van der Waals surface area contributed by atoms with E-state index < -0.39 is 48.6 Å². The van der Waals surface area contributed by atoms with E-state index in [9.17, 15) is 24.0 Å². The van der Waals surface area contributed by atoms with Gasteiger partial charge >= 0.3 is 36.1 Å². The van der Waals surface area contributed by atoms with Crippen LogP contribution in [0.15, 0.2) is 0 Å². The second-order valence-electron chi connectivity index (χ2n) is 3.15. The van der Waals surface area contributed by atoms with Crippen LogP contribution < -0.4 is 5.73 Å². The Balaban J connectivity index is 2.93. The number of carbonyl (C=O) groups excluding carboxylic acids is 4. The smallest absolute Gasteiger partial charge is 0.463 e. The standard InChI is InChI=1S/C8H7NO10/c9-2-1-3(10)18-19-7(15)6(14)17-8(4(11)12)16-5(2)13/h2,8H,1,9H2,(H,11,12). The molecule has 1 heterocycles. The molecule has 0 amide bonds. The average molecular weight is 277 g/mol. The number of ether oxygens (including phenoxy) is 2.